The molecule has 4 heteroatoms. The summed E-state index contributed by atoms with van der Waals surface area (Å²) in [5, 5.41) is 3.50. The van der Waals surface area contributed by atoms with Crippen LogP contribution < -0.4 is 5.32 Å². The highest BCUT2D eigenvalue weighted by Crippen LogP contribution is 2.32. The highest BCUT2D eigenvalue weighted by atomic mass is 35.5. The third kappa shape index (κ3) is 2.50. The summed E-state index contributed by atoms with van der Waals surface area (Å²) in [6, 6.07) is 7.06. The van der Waals surface area contributed by atoms with Crippen molar-refractivity contribution in [3.63, 3.8) is 0 Å². The molecule has 0 aromatic heterocycles. The Morgan fingerprint density at radius 2 is 2.06 bits per heavy atom. The molecule has 0 bridgehead atoms. The lowest BCUT2D eigenvalue weighted by atomic mass is 9.89. The second-order valence-electron chi connectivity index (χ2n) is 4.23. The number of carbonyl (C=O) groups excluding carboxylic acids is 2. The van der Waals surface area contributed by atoms with Crippen LogP contribution in [0, 0.1) is 5.92 Å². The van der Waals surface area contributed by atoms with Crippen molar-refractivity contribution in [2.45, 2.75) is 25.8 Å². The molecule has 1 unspecified atom stereocenters. The second kappa shape index (κ2) is 4.88. The van der Waals surface area contributed by atoms with Gasteiger partial charge in [0.15, 0.2) is 0 Å². The first-order valence-electron chi connectivity index (χ1n) is 5.69. The third-order valence-corrected chi connectivity index (χ3v) is 3.37. The van der Waals surface area contributed by atoms with Crippen LogP contribution in [-0.2, 0) is 9.59 Å². The summed E-state index contributed by atoms with van der Waals surface area (Å²) in [5.41, 5.74) is 0.937. The summed E-state index contributed by atoms with van der Waals surface area (Å²) in [5.74, 6) is -0.172. The van der Waals surface area contributed by atoms with Crippen molar-refractivity contribution in [1.29, 1.82) is 0 Å². The molecule has 1 heterocycles. The average Bonchev–Trinajstić information content (AvgIpc) is 2.71. The standard InChI is InChI=1S/C13H14ClNO2/c1-2-11(16)10-7-12(17)15-13(10)8-3-5-9(14)6-4-8/h3-6,10,13H,2,7H2,1H3,(H,15,17)/t10-,13?/m1/s1. The summed E-state index contributed by atoms with van der Waals surface area (Å²) in [6.07, 6.45) is 0.754. The Kier molecular flexibility index (Phi) is 3.48. The Morgan fingerprint density at radius 3 is 2.65 bits per heavy atom. The van der Waals surface area contributed by atoms with Crippen molar-refractivity contribution in [1.82, 2.24) is 5.32 Å². The zero-order chi connectivity index (χ0) is 12.4. The van der Waals surface area contributed by atoms with Gasteiger partial charge in [0.2, 0.25) is 5.91 Å². The Balaban J connectivity index is 2.26. The first-order valence-corrected chi connectivity index (χ1v) is 6.07. The molecule has 1 aliphatic rings. The van der Waals surface area contributed by atoms with E-state index in [1.165, 1.54) is 0 Å². The van der Waals surface area contributed by atoms with E-state index >= 15 is 0 Å². The molecule has 1 saturated heterocycles. The van der Waals surface area contributed by atoms with E-state index in [1.807, 2.05) is 19.1 Å². The van der Waals surface area contributed by atoms with Crippen molar-refractivity contribution in [3.05, 3.63) is 34.9 Å². The summed E-state index contributed by atoms with van der Waals surface area (Å²) in [7, 11) is 0. The minimum absolute atomic E-state index is 0.0586. The van der Waals surface area contributed by atoms with Gasteiger partial charge in [-0.1, -0.05) is 30.7 Å². The number of nitrogens with one attached hydrogen (secondary N) is 1. The molecule has 0 aliphatic carbocycles. The van der Waals surface area contributed by atoms with Gasteiger partial charge in [-0.25, -0.2) is 0 Å². The number of hydrogen-bond acceptors (Lipinski definition) is 2. The lowest BCUT2D eigenvalue weighted by Gasteiger charge is -2.17. The zero-order valence-corrected chi connectivity index (χ0v) is 10.3. The van der Waals surface area contributed by atoms with E-state index in [-0.39, 0.29) is 23.7 Å². The minimum atomic E-state index is -0.242. The molecule has 1 aromatic carbocycles. The van der Waals surface area contributed by atoms with Crippen LogP contribution in [0.15, 0.2) is 24.3 Å². The molecule has 90 valence electrons. The fourth-order valence-corrected chi connectivity index (χ4v) is 2.32. The van der Waals surface area contributed by atoms with Crippen molar-refractivity contribution >= 4 is 23.3 Å². The maximum Gasteiger partial charge on any atom is 0.221 e. The molecule has 0 saturated carbocycles. The van der Waals surface area contributed by atoms with Crippen LogP contribution in [0.5, 0.6) is 0 Å². The molecule has 1 fully saturated rings. The number of Topliss-reactive ketones (excluding diaryl/α,β-unsaturated/α-hetero) is 1. The summed E-state index contributed by atoms with van der Waals surface area (Å²) in [6.45, 7) is 1.82. The van der Waals surface area contributed by atoms with Crippen LogP contribution in [0.4, 0.5) is 0 Å². The largest absolute Gasteiger partial charge is 0.349 e. The van der Waals surface area contributed by atoms with Gasteiger partial charge >= 0.3 is 0 Å². The molecule has 1 amide bonds. The topological polar surface area (TPSA) is 46.2 Å². The van der Waals surface area contributed by atoms with Gasteiger partial charge in [-0.2, -0.15) is 0 Å². The Morgan fingerprint density at radius 1 is 1.41 bits per heavy atom. The first kappa shape index (κ1) is 12.1. The molecule has 0 radical (unpaired) electrons. The highest BCUT2D eigenvalue weighted by Gasteiger charge is 2.37. The predicted octanol–water partition coefficient (Wildman–Crippen LogP) is 2.50. The molecule has 2 rings (SSSR count). The minimum Gasteiger partial charge on any atom is -0.349 e. The lowest BCUT2D eigenvalue weighted by molar-refractivity contribution is -0.124. The third-order valence-electron chi connectivity index (χ3n) is 3.12. The summed E-state index contributed by atoms with van der Waals surface area (Å²) < 4.78 is 0. The molecule has 1 aromatic rings. The Bertz CT molecular complexity index is 441. The molecular weight excluding hydrogens is 238 g/mol. The Labute approximate surface area is 105 Å². The van der Waals surface area contributed by atoms with Crippen molar-refractivity contribution in [2.75, 3.05) is 0 Å². The van der Waals surface area contributed by atoms with E-state index in [4.69, 9.17) is 11.6 Å². The highest BCUT2D eigenvalue weighted by molar-refractivity contribution is 6.30. The quantitative estimate of drug-likeness (QED) is 0.897. The van der Waals surface area contributed by atoms with E-state index in [2.05, 4.69) is 5.32 Å². The number of rotatable bonds is 3. The number of halogens is 1. The average molecular weight is 252 g/mol. The molecule has 2 atom stereocenters. The van der Waals surface area contributed by atoms with Crippen LogP contribution in [0.3, 0.4) is 0 Å². The lowest BCUT2D eigenvalue weighted by Crippen LogP contribution is -2.24. The fourth-order valence-electron chi connectivity index (χ4n) is 2.20. The van der Waals surface area contributed by atoms with Gasteiger partial charge in [0.05, 0.1) is 12.0 Å². The summed E-state index contributed by atoms with van der Waals surface area (Å²) in [4.78, 5) is 23.2. The van der Waals surface area contributed by atoms with E-state index < -0.39 is 0 Å². The number of amides is 1. The van der Waals surface area contributed by atoms with Gasteiger partial charge in [0, 0.05) is 17.9 Å². The maximum absolute atomic E-state index is 11.8. The van der Waals surface area contributed by atoms with E-state index in [9.17, 15) is 9.59 Å². The maximum atomic E-state index is 11.8. The van der Waals surface area contributed by atoms with Gasteiger partial charge in [0.1, 0.15) is 5.78 Å². The van der Waals surface area contributed by atoms with Crippen LogP contribution in [0.2, 0.25) is 5.02 Å². The predicted molar refractivity (Wildman–Crippen MR) is 65.7 cm³/mol. The molecule has 1 N–H and O–H groups in total. The molecule has 17 heavy (non-hydrogen) atoms. The van der Waals surface area contributed by atoms with Crippen LogP contribution in [0.25, 0.3) is 0 Å². The smallest absolute Gasteiger partial charge is 0.221 e. The van der Waals surface area contributed by atoms with E-state index in [1.54, 1.807) is 12.1 Å². The Hall–Kier alpha value is -1.35. The molecule has 3 nitrogen and oxygen atoms in total. The van der Waals surface area contributed by atoms with Gasteiger partial charge in [-0.15, -0.1) is 0 Å². The van der Waals surface area contributed by atoms with Crippen molar-refractivity contribution < 1.29 is 9.59 Å². The van der Waals surface area contributed by atoms with Crippen LogP contribution >= 0.6 is 11.6 Å². The SMILES string of the molecule is CCC(=O)[C@H]1CC(=O)NC1c1ccc(Cl)cc1. The fraction of sp³-hybridized carbons (Fsp3) is 0.385. The monoisotopic (exact) mass is 251 g/mol. The first-order chi connectivity index (χ1) is 8.11. The van der Waals surface area contributed by atoms with Crippen LogP contribution in [-0.4, -0.2) is 11.7 Å². The number of benzene rings is 1. The normalized spacial score (nSPS) is 23.5. The van der Waals surface area contributed by atoms with Gasteiger partial charge in [-0.3, -0.25) is 9.59 Å². The zero-order valence-electron chi connectivity index (χ0n) is 9.57. The number of hydrogen-bond donors (Lipinski definition) is 1. The van der Waals surface area contributed by atoms with E-state index in [0.717, 1.165) is 5.56 Å². The van der Waals surface area contributed by atoms with Crippen LogP contribution in [0.1, 0.15) is 31.4 Å². The number of carbonyl (C=O) groups is 2. The van der Waals surface area contributed by atoms with Crippen molar-refractivity contribution in [2.24, 2.45) is 5.92 Å². The van der Waals surface area contributed by atoms with Crippen molar-refractivity contribution in [3.8, 4) is 0 Å². The van der Waals surface area contributed by atoms with E-state index in [0.29, 0.717) is 17.9 Å². The summed E-state index contributed by atoms with van der Waals surface area (Å²) >= 11 is 5.82. The van der Waals surface area contributed by atoms with Gasteiger partial charge < -0.3 is 5.32 Å². The van der Waals surface area contributed by atoms with Gasteiger partial charge in [0.25, 0.3) is 0 Å². The second-order valence-corrected chi connectivity index (χ2v) is 4.66. The number of ketones is 1. The molecule has 1 aliphatic heterocycles. The molecular formula is C13H14ClNO2. The molecule has 0 spiro atoms. The van der Waals surface area contributed by atoms with Gasteiger partial charge in [-0.05, 0) is 17.7 Å².